The van der Waals surface area contributed by atoms with Crippen LogP contribution in [0.1, 0.15) is 51.0 Å². The van der Waals surface area contributed by atoms with Crippen molar-refractivity contribution < 1.29 is 14.6 Å². The Morgan fingerprint density at radius 3 is 2.67 bits per heavy atom. The minimum Gasteiger partial charge on any atom is -0.484 e. The normalized spacial score (nSPS) is 22.1. The number of benzene rings is 1. The molecule has 1 aliphatic carbocycles. The molecule has 2 N–H and O–H groups in total. The standard InChI is InChI=1S/C17H25NO3/c1-12(2)13-6-8-16(9-7-13)21-11-17(20)18-14-4-3-5-15(19)10-14/h6-9,12,14-15,19H,3-5,10-11H2,1-2H3,(H,18,20)/t14-,15-/m1/s1. The Labute approximate surface area is 126 Å². The second-order valence-electron chi connectivity index (χ2n) is 6.10. The molecule has 0 aromatic heterocycles. The van der Waals surface area contributed by atoms with Gasteiger partial charge in [0.05, 0.1) is 6.10 Å². The van der Waals surface area contributed by atoms with Crippen LogP contribution in [0.5, 0.6) is 5.75 Å². The maximum absolute atomic E-state index is 11.8. The Morgan fingerprint density at radius 1 is 1.33 bits per heavy atom. The molecule has 2 atom stereocenters. The van der Waals surface area contributed by atoms with Crippen molar-refractivity contribution in [1.29, 1.82) is 0 Å². The third-order valence-corrected chi connectivity index (χ3v) is 3.93. The van der Waals surface area contributed by atoms with Gasteiger partial charge in [0.1, 0.15) is 5.75 Å². The van der Waals surface area contributed by atoms with Crippen molar-refractivity contribution in [2.45, 2.75) is 57.6 Å². The van der Waals surface area contributed by atoms with E-state index >= 15 is 0 Å². The fourth-order valence-corrected chi connectivity index (χ4v) is 2.66. The van der Waals surface area contributed by atoms with Gasteiger partial charge in [-0.25, -0.2) is 0 Å². The summed E-state index contributed by atoms with van der Waals surface area (Å²) in [7, 11) is 0. The smallest absolute Gasteiger partial charge is 0.258 e. The minimum atomic E-state index is -0.284. The highest BCUT2D eigenvalue weighted by Gasteiger charge is 2.21. The molecule has 2 rings (SSSR count). The number of nitrogens with one attached hydrogen (secondary N) is 1. The zero-order valence-corrected chi connectivity index (χ0v) is 12.8. The van der Waals surface area contributed by atoms with Crippen LogP contribution in [0.15, 0.2) is 24.3 Å². The third-order valence-electron chi connectivity index (χ3n) is 3.93. The Kier molecular flexibility index (Phi) is 5.62. The summed E-state index contributed by atoms with van der Waals surface area (Å²) in [6.07, 6.45) is 3.10. The van der Waals surface area contributed by atoms with E-state index in [4.69, 9.17) is 4.74 Å². The molecule has 0 aliphatic heterocycles. The average molecular weight is 291 g/mol. The lowest BCUT2D eigenvalue weighted by Gasteiger charge is -2.26. The van der Waals surface area contributed by atoms with Crippen molar-refractivity contribution in [1.82, 2.24) is 5.32 Å². The first-order valence-electron chi connectivity index (χ1n) is 7.75. The number of amides is 1. The molecule has 0 unspecified atom stereocenters. The number of hydrogen-bond donors (Lipinski definition) is 2. The molecule has 0 radical (unpaired) electrons. The van der Waals surface area contributed by atoms with Gasteiger partial charge in [-0.15, -0.1) is 0 Å². The highest BCUT2D eigenvalue weighted by atomic mass is 16.5. The van der Waals surface area contributed by atoms with Crippen molar-refractivity contribution >= 4 is 5.91 Å². The van der Waals surface area contributed by atoms with Gasteiger partial charge < -0.3 is 15.2 Å². The Morgan fingerprint density at radius 2 is 2.05 bits per heavy atom. The van der Waals surface area contributed by atoms with Crippen LogP contribution in [0.25, 0.3) is 0 Å². The van der Waals surface area contributed by atoms with Gasteiger partial charge in [0.25, 0.3) is 5.91 Å². The minimum absolute atomic E-state index is 0.0214. The van der Waals surface area contributed by atoms with Gasteiger partial charge in [0, 0.05) is 6.04 Å². The molecule has 1 aromatic rings. The average Bonchev–Trinajstić information content (AvgIpc) is 2.45. The van der Waals surface area contributed by atoms with E-state index in [1.165, 1.54) is 5.56 Å². The molecule has 4 nitrogen and oxygen atoms in total. The first-order chi connectivity index (χ1) is 10.0. The van der Waals surface area contributed by atoms with Gasteiger partial charge >= 0.3 is 0 Å². The molecule has 1 aromatic carbocycles. The molecule has 0 spiro atoms. The van der Waals surface area contributed by atoms with Crippen molar-refractivity contribution in [2.75, 3.05) is 6.61 Å². The molecule has 1 amide bonds. The van der Waals surface area contributed by atoms with Crippen LogP contribution >= 0.6 is 0 Å². The van der Waals surface area contributed by atoms with Gasteiger partial charge in [-0.05, 0) is 49.3 Å². The summed E-state index contributed by atoms with van der Waals surface area (Å²) in [5.74, 6) is 1.07. The molecule has 4 heteroatoms. The van der Waals surface area contributed by atoms with Crippen LogP contribution in [-0.4, -0.2) is 29.8 Å². The van der Waals surface area contributed by atoms with E-state index in [9.17, 15) is 9.90 Å². The maximum atomic E-state index is 11.8. The number of hydrogen-bond acceptors (Lipinski definition) is 3. The SMILES string of the molecule is CC(C)c1ccc(OCC(=O)N[C@@H]2CCC[C@@H](O)C2)cc1. The Hall–Kier alpha value is -1.55. The van der Waals surface area contributed by atoms with E-state index in [1.54, 1.807) is 0 Å². The van der Waals surface area contributed by atoms with Crippen LogP contribution in [0.3, 0.4) is 0 Å². The van der Waals surface area contributed by atoms with Crippen LogP contribution in [-0.2, 0) is 4.79 Å². The predicted octanol–water partition coefficient (Wildman–Crippen LogP) is 2.61. The lowest BCUT2D eigenvalue weighted by atomic mass is 9.93. The third kappa shape index (κ3) is 5.05. The van der Waals surface area contributed by atoms with Crippen LogP contribution < -0.4 is 10.1 Å². The van der Waals surface area contributed by atoms with Gasteiger partial charge in [0.15, 0.2) is 6.61 Å². The molecule has 21 heavy (non-hydrogen) atoms. The summed E-state index contributed by atoms with van der Waals surface area (Å²) in [5, 5.41) is 12.5. The number of carbonyl (C=O) groups is 1. The largest absolute Gasteiger partial charge is 0.484 e. The molecular formula is C17H25NO3. The summed E-state index contributed by atoms with van der Waals surface area (Å²) in [4.78, 5) is 11.8. The van der Waals surface area contributed by atoms with Crippen molar-refractivity contribution in [3.05, 3.63) is 29.8 Å². The lowest BCUT2D eigenvalue weighted by Crippen LogP contribution is -2.41. The van der Waals surface area contributed by atoms with Crippen molar-refractivity contribution in [2.24, 2.45) is 0 Å². The predicted molar refractivity (Wildman–Crippen MR) is 82.4 cm³/mol. The first kappa shape index (κ1) is 15.8. The fourth-order valence-electron chi connectivity index (χ4n) is 2.66. The fraction of sp³-hybridized carbons (Fsp3) is 0.588. The van der Waals surface area contributed by atoms with Crippen LogP contribution in [0, 0.1) is 0 Å². The molecule has 1 saturated carbocycles. The number of ether oxygens (including phenoxy) is 1. The van der Waals surface area contributed by atoms with Gasteiger partial charge in [-0.1, -0.05) is 26.0 Å². The van der Waals surface area contributed by atoms with E-state index in [0.717, 1.165) is 19.3 Å². The summed E-state index contributed by atoms with van der Waals surface area (Å²) in [6.45, 7) is 4.30. The monoisotopic (exact) mass is 291 g/mol. The Bertz CT molecular complexity index is 456. The number of aliphatic hydroxyl groups is 1. The van der Waals surface area contributed by atoms with Crippen LogP contribution in [0.2, 0.25) is 0 Å². The highest BCUT2D eigenvalue weighted by molar-refractivity contribution is 5.77. The number of carbonyl (C=O) groups excluding carboxylic acids is 1. The van der Waals surface area contributed by atoms with Crippen molar-refractivity contribution in [3.8, 4) is 5.75 Å². The zero-order chi connectivity index (χ0) is 15.2. The molecule has 0 heterocycles. The topological polar surface area (TPSA) is 58.6 Å². The maximum Gasteiger partial charge on any atom is 0.258 e. The van der Waals surface area contributed by atoms with E-state index in [0.29, 0.717) is 18.1 Å². The van der Waals surface area contributed by atoms with E-state index in [-0.39, 0.29) is 24.7 Å². The summed E-state index contributed by atoms with van der Waals surface area (Å²) in [5.41, 5.74) is 1.25. The second-order valence-corrected chi connectivity index (χ2v) is 6.10. The van der Waals surface area contributed by atoms with E-state index in [1.807, 2.05) is 24.3 Å². The molecule has 1 fully saturated rings. The highest BCUT2D eigenvalue weighted by Crippen LogP contribution is 2.19. The first-order valence-corrected chi connectivity index (χ1v) is 7.75. The molecular weight excluding hydrogens is 266 g/mol. The lowest BCUT2D eigenvalue weighted by molar-refractivity contribution is -0.124. The summed E-state index contributed by atoms with van der Waals surface area (Å²) >= 11 is 0. The summed E-state index contributed by atoms with van der Waals surface area (Å²) < 4.78 is 5.50. The number of rotatable bonds is 5. The quantitative estimate of drug-likeness (QED) is 0.876. The van der Waals surface area contributed by atoms with Crippen molar-refractivity contribution in [3.63, 3.8) is 0 Å². The zero-order valence-electron chi connectivity index (χ0n) is 12.8. The van der Waals surface area contributed by atoms with Gasteiger partial charge in [0.2, 0.25) is 0 Å². The molecule has 0 bridgehead atoms. The second kappa shape index (κ2) is 7.46. The van der Waals surface area contributed by atoms with Gasteiger partial charge in [-0.3, -0.25) is 4.79 Å². The summed E-state index contributed by atoms with van der Waals surface area (Å²) in [6, 6.07) is 7.92. The molecule has 0 saturated heterocycles. The van der Waals surface area contributed by atoms with Gasteiger partial charge in [-0.2, -0.15) is 0 Å². The van der Waals surface area contributed by atoms with E-state index in [2.05, 4.69) is 19.2 Å². The molecule has 1 aliphatic rings. The van der Waals surface area contributed by atoms with E-state index < -0.39 is 0 Å². The van der Waals surface area contributed by atoms with Crippen LogP contribution in [0.4, 0.5) is 0 Å². The Balaban J connectivity index is 1.75. The number of aliphatic hydroxyl groups excluding tert-OH is 1. The molecule has 116 valence electrons.